The average Bonchev–Trinajstić information content (AvgIpc) is 2.52. The van der Waals surface area contributed by atoms with Crippen LogP contribution in [0.1, 0.15) is 17.5 Å². The number of benzene rings is 2. The van der Waals surface area contributed by atoms with Gasteiger partial charge in [-0.05, 0) is 17.2 Å². The lowest BCUT2D eigenvalue weighted by Gasteiger charge is -2.35. The van der Waals surface area contributed by atoms with Gasteiger partial charge < -0.3 is 0 Å². The summed E-state index contributed by atoms with van der Waals surface area (Å²) in [4.78, 5) is 11.5. The first-order chi connectivity index (χ1) is 9.72. The fourth-order valence-electron chi connectivity index (χ4n) is 2.85. The summed E-state index contributed by atoms with van der Waals surface area (Å²) in [5, 5.41) is 0. The lowest BCUT2D eigenvalue weighted by Crippen LogP contribution is -2.35. The molecule has 1 atom stereocenters. The monoisotopic (exact) mass is 266 g/mol. The van der Waals surface area contributed by atoms with E-state index in [1.807, 2.05) is 66.7 Å². The molecule has 0 amide bonds. The quantitative estimate of drug-likeness (QED) is 0.807. The Labute approximate surface area is 117 Å². The Morgan fingerprint density at radius 2 is 1.40 bits per heavy atom. The molecule has 0 bridgehead atoms. The van der Waals surface area contributed by atoms with Gasteiger partial charge in [0.1, 0.15) is 0 Å². The van der Waals surface area contributed by atoms with Gasteiger partial charge in [-0.2, -0.15) is 0 Å². The molecule has 20 heavy (non-hydrogen) atoms. The minimum atomic E-state index is -1.44. The largest absolute Gasteiger partial charge is 0.292 e. The molecule has 2 heteroatoms. The van der Waals surface area contributed by atoms with Crippen molar-refractivity contribution in [2.24, 2.45) is 0 Å². The van der Waals surface area contributed by atoms with Gasteiger partial charge in [-0.3, -0.25) is 4.79 Å². The fourth-order valence-corrected chi connectivity index (χ4v) is 2.85. The van der Waals surface area contributed by atoms with Gasteiger partial charge in [0.25, 0.3) is 0 Å². The van der Waals surface area contributed by atoms with Gasteiger partial charge in [-0.25, -0.2) is 4.39 Å². The van der Waals surface area contributed by atoms with Gasteiger partial charge in [0.2, 0.25) is 0 Å². The number of hydrogen-bond donors (Lipinski definition) is 0. The van der Waals surface area contributed by atoms with Crippen LogP contribution in [0.2, 0.25) is 0 Å². The maximum atomic E-state index is 14.0. The first-order valence-corrected chi connectivity index (χ1v) is 6.70. The Kier molecular flexibility index (Phi) is 3.23. The highest BCUT2D eigenvalue weighted by Crippen LogP contribution is 2.41. The van der Waals surface area contributed by atoms with Crippen LogP contribution in [0.25, 0.3) is 0 Å². The SMILES string of the molecule is O=C1C=CC(c2ccccc2)(c2ccccc2)CC1F. The molecule has 3 rings (SSSR count). The maximum absolute atomic E-state index is 14.0. The van der Waals surface area contributed by atoms with Gasteiger partial charge in [-0.1, -0.05) is 66.7 Å². The lowest BCUT2D eigenvalue weighted by molar-refractivity contribution is -0.120. The van der Waals surface area contributed by atoms with E-state index in [4.69, 9.17) is 0 Å². The van der Waals surface area contributed by atoms with E-state index >= 15 is 0 Å². The summed E-state index contributed by atoms with van der Waals surface area (Å²) < 4.78 is 14.0. The molecule has 0 N–H and O–H groups in total. The van der Waals surface area contributed by atoms with Gasteiger partial charge >= 0.3 is 0 Å². The molecule has 0 saturated heterocycles. The van der Waals surface area contributed by atoms with Crippen LogP contribution in [0.5, 0.6) is 0 Å². The van der Waals surface area contributed by atoms with Crippen molar-refractivity contribution < 1.29 is 9.18 Å². The Bertz CT molecular complexity index is 591. The Morgan fingerprint density at radius 3 is 1.85 bits per heavy atom. The lowest BCUT2D eigenvalue weighted by atomic mass is 9.68. The molecule has 0 heterocycles. The Balaban J connectivity index is 2.19. The summed E-state index contributed by atoms with van der Waals surface area (Å²) in [6.45, 7) is 0. The highest BCUT2D eigenvalue weighted by Gasteiger charge is 2.39. The topological polar surface area (TPSA) is 17.1 Å². The van der Waals surface area contributed by atoms with Crippen LogP contribution in [0.15, 0.2) is 72.8 Å². The first-order valence-electron chi connectivity index (χ1n) is 6.70. The van der Waals surface area contributed by atoms with Crippen molar-refractivity contribution in [3.8, 4) is 0 Å². The van der Waals surface area contributed by atoms with Crippen molar-refractivity contribution >= 4 is 5.78 Å². The van der Waals surface area contributed by atoms with E-state index in [1.54, 1.807) is 0 Å². The number of carbonyl (C=O) groups is 1. The molecular formula is C18H15FO. The number of ketones is 1. The fraction of sp³-hybridized carbons (Fsp3) is 0.167. The number of rotatable bonds is 2. The molecule has 2 aromatic carbocycles. The van der Waals surface area contributed by atoms with Gasteiger partial charge in [0.15, 0.2) is 12.0 Å². The molecule has 2 aromatic rings. The summed E-state index contributed by atoms with van der Waals surface area (Å²) >= 11 is 0. The Hall–Kier alpha value is -2.22. The van der Waals surface area contributed by atoms with E-state index in [0.29, 0.717) is 0 Å². The number of hydrogen-bond acceptors (Lipinski definition) is 1. The predicted octanol–water partition coefficient (Wildman–Crippen LogP) is 3.84. The second-order valence-electron chi connectivity index (χ2n) is 5.11. The van der Waals surface area contributed by atoms with Crippen LogP contribution in [0.3, 0.4) is 0 Å². The summed E-state index contributed by atoms with van der Waals surface area (Å²) in [5.41, 5.74) is 1.46. The minimum Gasteiger partial charge on any atom is -0.292 e. The molecule has 0 radical (unpaired) electrons. The predicted molar refractivity (Wildman–Crippen MR) is 77.3 cm³/mol. The third kappa shape index (κ3) is 2.07. The van der Waals surface area contributed by atoms with Crippen LogP contribution in [0, 0.1) is 0 Å². The second kappa shape index (κ2) is 5.04. The van der Waals surface area contributed by atoms with E-state index in [0.717, 1.165) is 11.1 Å². The first kappa shape index (κ1) is 12.8. The van der Waals surface area contributed by atoms with Crippen molar-refractivity contribution in [2.75, 3.05) is 0 Å². The molecule has 0 saturated carbocycles. The van der Waals surface area contributed by atoms with Crippen molar-refractivity contribution in [2.45, 2.75) is 18.0 Å². The smallest absolute Gasteiger partial charge is 0.189 e. The number of alkyl halides is 1. The molecule has 1 nitrogen and oxygen atoms in total. The van der Waals surface area contributed by atoms with E-state index in [9.17, 15) is 9.18 Å². The normalized spacial score (nSPS) is 20.9. The number of halogens is 1. The highest BCUT2D eigenvalue weighted by atomic mass is 19.1. The molecule has 1 aliphatic rings. The zero-order valence-corrected chi connectivity index (χ0v) is 11.0. The third-order valence-electron chi connectivity index (χ3n) is 3.92. The standard InChI is InChI=1S/C18H15FO/c19-16-13-18(12-11-17(16)20,14-7-3-1-4-8-14)15-9-5-2-6-10-15/h1-12,16H,13H2. The molecule has 0 fully saturated rings. The van der Waals surface area contributed by atoms with E-state index in [2.05, 4.69) is 0 Å². The Morgan fingerprint density at radius 1 is 0.900 bits per heavy atom. The van der Waals surface area contributed by atoms with Crippen molar-refractivity contribution in [3.05, 3.63) is 83.9 Å². The number of carbonyl (C=O) groups excluding carboxylic acids is 1. The summed E-state index contributed by atoms with van der Waals surface area (Å²) in [5.74, 6) is -0.438. The molecule has 0 aliphatic heterocycles. The average molecular weight is 266 g/mol. The van der Waals surface area contributed by atoms with Crippen LogP contribution in [-0.2, 0) is 10.2 Å². The van der Waals surface area contributed by atoms with Crippen LogP contribution >= 0.6 is 0 Å². The van der Waals surface area contributed by atoms with Gasteiger partial charge in [-0.15, -0.1) is 0 Å². The molecule has 0 aromatic heterocycles. The zero-order chi connectivity index (χ0) is 14.0. The highest BCUT2D eigenvalue weighted by molar-refractivity contribution is 5.95. The minimum absolute atomic E-state index is 0.163. The van der Waals surface area contributed by atoms with E-state index in [1.165, 1.54) is 6.08 Å². The van der Waals surface area contributed by atoms with Crippen molar-refractivity contribution in [3.63, 3.8) is 0 Å². The number of allylic oxidation sites excluding steroid dienone is 2. The van der Waals surface area contributed by atoms with Gasteiger partial charge in [0.05, 0.1) is 0 Å². The summed E-state index contributed by atoms with van der Waals surface area (Å²) in [6.07, 6.45) is 1.95. The maximum Gasteiger partial charge on any atom is 0.189 e. The summed E-state index contributed by atoms with van der Waals surface area (Å²) in [7, 11) is 0. The van der Waals surface area contributed by atoms with Crippen LogP contribution < -0.4 is 0 Å². The molecule has 1 aliphatic carbocycles. The van der Waals surface area contributed by atoms with Gasteiger partial charge in [0, 0.05) is 11.8 Å². The van der Waals surface area contributed by atoms with Crippen LogP contribution in [0.4, 0.5) is 4.39 Å². The molecular weight excluding hydrogens is 251 g/mol. The van der Waals surface area contributed by atoms with E-state index in [-0.39, 0.29) is 6.42 Å². The third-order valence-corrected chi connectivity index (χ3v) is 3.92. The van der Waals surface area contributed by atoms with Crippen molar-refractivity contribution in [1.29, 1.82) is 0 Å². The second-order valence-corrected chi connectivity index (χ2v) is 5.11. The van der Waals surface area contributed by atoms with E-state index < -0.39 is 17.4 Å². The summed E-state index contributed by atoms with van der Waals surface area (Å²) in [6, 6.07) is 19.6. The molecule has 0 spiro atoms. The zero-order valence-electron chi connectivity index (χ0n) is 11.0. The molecule has 1 unspecified atom stereocenters. The van der Waals surface area contributed by atoms with Crippen LogP contribution in [-0.4, -0.2) is 12.0 Å². The van der Waals surface area contributed by atoms with Crippen molar-refractivity contribution in [1.82, 2.24) is 0 Å². The molecule has 100 valence electrons.